The van der Waals surface area contributed by atoms with Crippen molar-refractivity contribution in [2.75, 3.05) is 0 Å². The van der Waals surface area contributed by atoms with Crippen LogP contribution in [-0.4, -0.2) is 22.2 Å². The predicted octanol–water partition coefficient (Wildman–Crippen LogP) is 4.86. The second-order valence-corrected chi connectivity index (χ2v) is 5.12. The van der Waals surface area contributed by atoms with Crippen LogP contribution in [0.5, 0.6) is 0 Å². The summed E-state index contributed by atoms with van der Waals surface area (Å²) in [6.07, 6.45) is 11.8. The summed E-state index contributed by atoms with van der Waals surface area (Å²) in [6.45, 7) is 4.30. The summed E-state index contributed by atoms with van der Waals surface area (Å²) in [5.74, 6) is -1.34. The average Bonchev–Trinajstić information content (AvgIpc) is 2.38. The maximum Gasteiger partial charge on any atom is 2.00 e. The van der Waals surface area contributed by atoms with Crippen LogP contribution in [0.25, 0.3) is 0 Å². The van der Waals surface area contributed by atoms with Crippen LogP contribution in [0, 0.1) is 0 Å². The summed E-state index contributed by atoms with van der Waals surface area (Å²) < 4.78 is 0. The molecular weight excluding hydrogens is 387 g/mol. The molecule has 0 radical (unpaired) electrons. The SMILES string of the molecule is CCCCCCCC(=O)O.CCCCCCCC(=O)O.[Zn+2].[Zn+2]. The van der Waals surface area contributed by atoms with E-state index >= 15 is 0 Å². The van der Waals surface area contributed by atoms with Crippen LogP contribution >= 0.6 is 0 Å². The molecule has 0 atom stereocenters. The number of rotatable bonds is 12. The van der Waals surface area contributed by atoms with Crippen LogP contribution in [0.1, 0.15) is 90.9 Å². The van der Waals surface area contributed by atoms with Gasteiger partial charge in [0.05, 0.1) is 0 Å². The van der Waals surface area contributed by atoms with E-state index in [2.05, 4.69) is 13.8 Å². The molecule has 0 aliphatic carbocycles. The Morgan fingerprint density at radius 2 is 0.864 bits per heavy atom. The molecular formula is C16H32O4Zn2+4. The van der Waals surface area contributed by atoms with Gasteiger partial charge in [0.25, 0.3) is 0 Å². The van der Waals surface area contributed by atoms with E-state index in [0.717, 1.165) is 25.7 Å². The first-order valence-corrected chi connectivity index (χ1v) is 7.98. The summed E-state index contributed by atoms with van der Waals surface area (Å²) in [7, 11) is 0. The number of carbonyl (C=O) groups is 2. The van der Waals surface area contributed by atoms with Gasteiger partial charge in [-0.05, 0) is 12.8 Å². The monoisotopic (exact) mass is 416 g/mol. The first-order chi connectivity index (χ1) is 9.54. The number of hydrogen-bond donors (Lipinski definition) is 2. The van der Waals surface area contributed by atoms with Crippen molar-refractivity contribution in [3.8, 4) is 0 Å². The summed E-state index contributed by atoms with van der Waals surface area (Å²) in [6, 6.07) is 0. The van der Waals surface area contributed by atoms with Gasteiger partial charge < -0.3 is 10.2 Å². The molecule has 0 aromatic carbocycles. The summed E-state index contributed by atoms with van der Waals surface area (Å²) in [4.78, 5) is 20.1. The number of aliphatic carboxylic acids is 2. The minimum Gasteiger partial charge on any atom is -0.481 e. The van der Waals surface area contributed by atoms with E-state index in [1.165, 1.54) is 38.5 Å². The predicted molar refractivity (Wildman–Crippen MR) is 82.0 cm³/mol. The van der Waals surface area contributed by atoms with Crippen LogP contribution in [0.4, 0.5) is 0 Å². The number of hydrogen-bond acceptors (Lipinski definition) is 2. The zero-order valence-electron chi connectivity index (χ0n) is 14.6. The number of carboxylic acids is 2. The van der Waals surface area contributed by atoms with E-state index in [1.807, 2.05) is 0 Å². The topological polar surface area (TPSA) is 74.6 Å². The maximum absolute atomic E-state index is 10.0. The van der Waals surface area contributed by atoms with Gasteiger partial charge in [-0.25, -0.2) is 0 Å². The van der Waals surface area contributed by atoms with Crippen molar-refractivity contribution in [1.29, 1.82) is 0 Å². The van der Waals surface area contributed by atoms with Gasteiger partial charge in [0.2, 0.25) is 0 Å². The maximum atomic E-state index is 10.0. The molecule has 6 heteroatoms. The molecule has 0 amide bonds. The Hall–Kier alpha value is 0.187. The van der Waals surface area contributed by atoms with Gasteiger partial charge in [0, 0.05) is 12.8 Å². The quantitative estimate of drug-likeness (QED) is 0.350. The van der Waals surface area contributed by atoms with Crippen molar-refractivity contribution in [3.05, 3.63) is 0 Å². The molecule has 0 rings (SSSR count). The van der Waals surface area contributed by atoms with Crippen molar-refractivity contribution in [2.45, 2.75) is 90.9 Å². The smallest absolute Gasteiger partial charge is 0.481 e. The van der Waals surface area contributed by atoms with E-state index in [-0.39, 0.29) is 39.0 Å². The summed E-state index contributed by atoms with van der Waals surface area (Å²) >= 11 is 0. The Morgan fingerprint density at radius 3 is 1.09 bits per heavy atom. The van der Waals surface area contributed by atoms with Gasteiger partial charge in [-0.1, -0.05) is 65.2 Å². The molecule has 0 aromatic heterocycles. The van der Waals surface area contributed by atoms with Gasteiger partial charge in [-0.3, -0.25) is 9.59 Å². The molecule has 0 aliphatic rings. The van der Waals surface area contributed by atoms with Crippen molar-refractivity contribution in [1.82, 2.24) is 0 Å². The van der Waals surface area contributed by atoms with E-state index < -0.39 is 11.9 Å². The Morgan fingerprint density at radius 1 is 0.591 bits per heavy atom. The number of unbranched alkanes of at least 4 members (excludes halogenated alkanes) is 8. The van der Waals surface area contributed by atoms with E-state index in [9.17, 15) is 9.59 Å². The standard InChI is InChI=1S/2C8H16O2.2Zn/c2*1-2-3-4-5-6-7-8(9)10;;/h2*2-7H2,1H3,(H,9,10);;/q;;2*+2. The normalized spacial score (nSPS) is 8.82. The molecule has 2 N–H and O–H groups in total. The van der Waals surface area contributed by atoms with Crippen LogP contribution in [0.15, 0.2) is 0 Å². The van der Waals surface area contributed by atoms with Crippen LogP contribution in [0.3, 0.4) is 0 Å². The van der Waals surface area contributed by atoms with Gasteiger partial charge in [-0.2, -0.15) is 0 Å². The molecule has 22 heavy (non-hydrogen) atoms. The Kier molecular flexibility index (Phi) is 35.7. The molecule has 0 unspecified atom stereocenters. The van der Waals surface area contributed by atoms with Gasteiger partial charge in [0.15, 0.2) is 0 Å². The van der Waals surface area contributed by atoms with E-state index in [0.29, 0.717) is 12.8 Å². The van der Waals surface area contributed by atoms with Crippen molar-refractivity contribution in [3.63, 3.8) is 0 Å². The molecule has 0 aromatic rings. The Balaban J connectivity index is -0.000000135. The molecule has 0 fully saturated rings. The van der Waals surface area contributed by atoms with Crippen molar-refractivity contribution < 1.29 is 58.8 Å². The fraction of sp³-hybridized carbons (Fsp3) is 0.875. The van der Waals surface area contributed by atoms with Crippen molar-refractivity contribution in [2.24, 2.45) is 0 Å². The molecule has 0 spiro atoms. The zero-order chi connectivity index (χ0) is 15.6. The van der Waals surface area contributed by atoms with E-state index in [1.54, 1.807) is 0 Å². The second-order valence-electron chi connectivity index (χ2n) is 5.12. The molecule has 4 nitrogen and oxygen atoms in total. The first kappa shape index (κ1) is 30.1. The molecule has 0 saturated carbocycles. The van der Waals surface area contributed by atoms with E-state index in [4.69, 9.17) is 10.2 Å². The average molecular weight is 419 g/mol. The second kappa shape index (κ2) is 26.1. The largest absolute Gasteiger partial charge is 2.00 e. The van der Waals surface area contributed by atoms with Gasteiger partial charge in [0.1, 0.15) is 0 Å². The third-order valence-corrected chi connectivity index (χ3v) is 2.99. The minimum atomic E-state index is -0.670. The van der Waals surface area contributed by atoms with Crippen molar-refractivity contribution >= 4 is 11.9 Å². The summed E-state index contributed by atoms with van der Waals surface area (Å²) in [5, 5.41) is 16.5. The van der Waals surface area contributed by atoms with Crippen LogP contribution < -0.4 is 0 Å². The molecule has 0 saturated heterocycles. The van der Waals surface area contributed by atoms with Gasteiger partial charge >= 0.3 is 50.9 Å². The zero-order valence-corrected chi connectivity index (χ0v) is 20.5. The third-order valence-electron chi connectivity index (χ3n) is 2.99. The Bertz CT molecular complexity index is 212. The van der Waals surface area contributed by atoms with Crippen LogP contribution in [0.2, 0.25) is 0 Å². The molecule has 0 heterocycles. The third kappa shape index (κ3) is 36.9. The molecule has 0 bridgehead atoms. The molecule has 0 aliphatic heterocycles. The first-order valence-electron chi connectivity index (χ1n) is 7.98. The minimum absolute atomic E-state index is 0. The van der Waals surface area contributed by atoms with Crippen LogP contribution in [-0.2, 0) is 48.5 Å². The fourth-order valence-corrected chi connectivity index (χ4v) is 1.76. The molecule has 120 valence electrons. The fourth-order valence-electron chi connectivity index (χ4n) is 1.76. The summed E-state index contributed by atoms with van der Waals surface area (Å²) in [5.41, 5.74) is 0. The van der Waals surface area contributed by atoms with Gasteiger partial charge in [-0.15, -0.1) is 0 Å². The number of carboxylic acid groups (broad SMARTS) is 2. The Labute approximate surface area is 161 Å².